The summed E-state index contributed by atoms with van der Waals surface area (Å²) in [5.41, 5.74) is 0. The number of thioether (sulfide) groups is 1. The lowest BCUT2D eigenvalue weighted by molar-refractivity contribution is -0.136. The van der Waals surface area contributed by atoms with Crippen molar-refractivity contribution in [1.82, 2.24) is 0 Å². The number of carboxylic acid groups (broad SMARTS) is 1. The van der Waals surface area contributed by atoms with E-state index in [1.807, 2.05) is 5.37 Å². The molecule has 0 fully saturated rings. The highest BCUT2D eigenvalue weighted by Crippen LogP contribution is 2.14. The molecule has 0 saturated heterocycles. The van der Waals surface area contributed by atoms with Crippen molar-refractivity contribution in [3.63, 3.8) is 0 Å². The number of carboxylic acids is 1. The van der Waals surface area contributed by atoms with E-state index in [0.717, 1.165) is 18.2 Å². The van der Waals surface area contributed by atoms with E-state index >= 15 is 0 Å². The van der Waals surface area contributed by atoms with Crippen LogP contribution >= 0.6 is 48.8 Å². The second-order valence-corrected chi connectivity index (χ2v) is 8.90. The number of rotatable bonds is 13. The van der Waals surface area contributed by atoms with Gasteiger partial charge < -0.3 is 5.11 Å². The minimum Gasteiger partial charge on any atom is -0.480 e. The molecule has 0 spiro atoms. The number of hydrogen-bond donors (Lipinski definition) is 2. The van der Waals surface area contributed by atoms with Crippen LogP contribution in [0.3, 0.4) is 0 Å². The van der Waals surface area contributed by atoms with Crippen molar-refractivity contribution in [1.29, 1.82) is 0 Å². The lowest BCUT2D eigenvalue weighted by atomic mass is 10.1. The third-order valence-electron chi connectivity index (χ3n) is 3.30. The molecule has 0 aliphatic carbocycles. The predicted molar refractivity (Wildman–Crippen MR) is 116 cm³/mol. The van der Waals surface area contributed by atoms with Gasteiger partial charge in [0.2, 0.25) is 0 Å². The van der Waals surface area contributed by atoms with Crippen LogP contribution in [0.1, 0.15) is 84.5 Å². The molecule has 2 nitrogen and oxygen atoms in total. The first-order valence-corrected chi connectivity index (χ1v) is 10.7. The largest absolute Gasteiger partial charge is 0.480 e. The van der Waals surface area contributed by atoms with Crippen molar-refractivity contribution >= 4 is 63.7 Å². The number of thiocarbonyl (C=S) groups is 2. The van der Waals surface area contributed by atoms with Gasteiger partial charge in [0, 0.05) is 0 Å². The van der Waals surface area contributed by atoms with Gasteiger partial charge in [-0.2, -0.15) is 0 Å². The quantitative estimate of drug-likeness (QED) is 0.206. The van der Waals surface area contributed by atoms with Crippen molar-refractivity contribution in [3.05, 3.63) is 0 Å². The molecule has 136 valence electrons. The molecule has 0 aromatic carbocycles. The van der Waals surface area contributed by atoms with Crippen molar-refractivity contribution in [2.24, 2.45) is 0 Å². The van der Waals surface area contributed by atoms with Crippen LogP contribution in [-0.2, 0) is 4.79 Å². The van der Waals surface area contributed by atoms with Gasteiger partial charge in [0.15, 0.2) is 0 Å². The molecule has 0 saturated carbocycles. The van der Waals surface area contributed by atoms with E-state index < -0.39 is 11.2 Å². The van der Waals surface area contributed by atoms with E-state index in [1.165, 1.54) is 64.2 Å². The number of hydrogen-bond acceptors (Lipinski definition) is 4. The van der Waals surface area contributed by atoms with Crippen molar-refractivity contribution < 1.29 is 9.90 Å². The van der Waals surface area contributed by atoms with Crippen molar-refractivity contribution in [2.45, 2.75) is 89.7 Å². The lowest BCUT2D eigenvalue weighted by Gasteiger charge is -2.00. The smallest absolute Gasteiger partial charge is 0.316 e. The van der Waals surface area contributed by atoms with Gasteiger partial charge in [-0.1, -0.05) is 101 Å². The number of thiol groups is 1. The van der Waals surface area contributed by atoms with E-state index in [2.05, 4.69) is 31.8 Å². The van der Waals surface area contributed by atoms with Gasteiger partial charge in [-0.25, -0.2) is 0 Å². The zero-order valence-corrected chi connectivity index (χ0v) is 17.8. The Balaban J connectivity index is 0. The maximum Gasteiger partial charge on any atom is 0.316 e. The van der Waals surface area contributed by atoms with Crippen LogP contribution in [0.15, 0.2) is 0 Å². The highest BCUT2D eigenvalue weighted by Gasteiger charge is 2.11. The summed E-state index contributed by atoms with van der Waals surface area (Å²) in [6.07, 6.45) is 15.2. The molecule has 6 heteroatoms. The van der Waals surface area contributed by atoms with E-state index in [0.29, 0.717) is 3.53 Å². The maximum atomic E-state index is 10.1. The fourth-order valence-electron chi connectivity index (χ4n) is 1.92. The van der Waals surface area contributed by atoms with Crippen LogP contribution in [0, 0.1) is 0 Å². The molecule has 23 heavy (non-hydrogen) atoms. The number of aliphatic carboxylic acids is 1. The summed E-state index contributed by atoms with van der Waals surface area (Å²) in [5, 5.41) is 9.69. The second-order valence-electron chi connectivity index (χ2n) is 5.50. The number of carbonyl (C=O) groups is 1. The third-order valence-corrected chi connectivity index (χ3v) is 4.90. The molecule has 0 radical (unpaired) electrons. The summed E-state index contributed by atoms with van der Waals surface area (Å²) in [6, 6.07) is 0. The Morgan fingerprint density at radius 1 is 1.09 bits per heavy atom. The van der Waals surface area contributed by atoms with E-state index in [4.69, 9.17) is 17.3 Å². The molecule has 0 bridgehead atoms. The molecule has 1 atom stereocenters. The van der Waals surface area contributed by atoms with Crippen LogP contribution in [0.4, 0.5) is 0 Å². The van der Waals surface area contributed by atoms with Gasteiger partial charge in [0.1, 0.15) is 8.78 Å². The molecular weight excluding hydrogens is 364 g/mol. The lowest BCUT2D eigenvalue weighted by Crippen LogP contribution is -2.11. The Hall–Kier alpha value is 0.350. The zero-order valence-electron chi connectivity index (χ0n) is 14.5. The van der Waals surface area contributed by atoms with Crippen molar-refractivity contribution in [2.75, 3.05) is 0 Å². The molecule has 0 amide bonds. The molecule has 0 aliphatic heterocycles. The Labute approximate surface area is 163 Å². The molecule has 0 rings (SSSR count). The monoisotopic (exact) mass is 396 g/mol. The van der Waals surface area contributed by atoms with E-state index in [-0.39, 0.29) is 0 Å². The average molecular weight is 397 g/mol. The molecule has 0 heterocycles. The van der Waals surface area contributed by atoms with Crippen LogP contribution in [0.25, 0.3) is 0 Å². The molecule has 1 unspecified atom stereocenters. The Bertz CT molecular complexity index is 309. The summed E-state index contributed by atoms with van der Waals surface area (Å²) in [6.45, 7) is 3.84. The highest BCUT2D eigenvalue weighted by molar-refractivity contribution is 8.42. The highest BCUT2D eigenvalue weighted by atomic mass is 32.2. The molecule has 1 N–H and O–H groups in total. The second kappa shape index (κ2) is 20.4. The Morgan fingerprint density at radius 3 is 1.83 bits per heavy atom. The maximum absolute atomic E-state index is 10.1. The summed E-state index contributed by atoms with van der Waals surface area (Å²) in [5.74, 6) is -0.864. The van der Waals surface area contributed by atoms with Gasteiger partial charge in [-0.05, 0) is 25.1 Å². The van der Waals surface area contributed by atoms with Gasteiger partial charge in [-0.3, -0.25) is 4.79 Å². The van der Waals surface area contributed by atoms with Gasteiger partial charge >= 0.3 is 5.97 Å². The molecule has 0 aromatic heterocycles. The van der Waals surface area contributed by atoms with Gasteiger partial charge in [-0.15, -0.1) is 12.6 Å². The first-order valence-electron chi connectivity index (χ1n) is 8.51. The first kappa shape index (κ1) is 25.6. The van der Waals surface area contributed by atoms with Crippen LogP contribution in [-0.4, -0.2) is 25.2 Å². The first-order chi connectivity index (χ1) is 11.0. The summed E-state index contributed by atoms with van der Waals surface area (Å²) in [4.78, 5) is 10.1. The fourth-order valence-corrected chi connectivity index (χ4v) is 3.39. The van der Waals surface area contributed by atoms with Crippen molar-refractivity contribution in [3.8, 4) is 0 Å². The summed E-state index contributed by atoms with van der Waals surface area (Å²) < 4.78 is 0.366. The SMILES string of the molecule is CC(SC(=S)S)C(=O)O.CCCCCCCCCCCCC=S. The Kier molecular flexibility index (Phi) is 22.7. The molecular formula is C17H32O2S4. The Morgan fingerprint density at radius 2 is 1.52 bits per heavy atom. The average Bonchev–Trinajstić information content (AvgIpc) is 2.49. The van der Waals surface area contributed by atoms with Crippen LogP contribution in [0.5, 0.6) is 0 Å². The standard InChI is InChI=1S/C13H26S.C4H6O2S3/c1-2-3-4-5-6-7-8-9-10-11-12-13-14;1-2(3(5)6)9-4(7)8/h13H,2-12H2,1H3;2H,1H3,(H,5,6)(H,7,8). The fraction of sp³-hybridized carbons (Fsp3) is 0.824. The van der Waals surface area contributed by atoms with Crippen LogP contribution in [0.2, 0.25) is 0 Å². The topological polar surface area (TPSA) is 37.3 Å². The molecule has 0 aromatic rings. The third kappa shape index (κ3) is 24.7. The van der Waals surface area contributed by atoms with Gasteiger partial charge in [0.25, 0.3) is 0 Å². The molecule has 0 aliphatic rings. The summed E-state index contributed by atoms with van der Waals surface area (Å²) >= 11 is 14.2. The van der Waals surface area contributed by atoms with Crippen LogP contribution < -0.4 is 0 Å². The predicted octanol–water partition coefficient (Wildman–Crippen LogP) is 6.70. The van der Waals surface area contributed by atoms with Gasteiger partial charge in [0.05, 0.1) is 0 Å². The zero-order chi connectivity index (χ0) is 17.9. The minimum atomic E-state index is -0.864. The van der Waals surface area contributed by atoms with E-state index in [9.17, 15) is 4.79 Å². The van der Waals surface area contributed by atoms with E-state index in [1.54, 1.807) is 6.92 Å². The normalized spacial score (nSPS) is 11.3. The minimum absolute atomic E-state index is 0.366. The summed E-state index contributed by atoms with van der Waals surface area (Å²) in [7, 11) is 0. The number of unbranched alkanes of at least 4 members (excludes halogenated alkanes) is 10.